The summed E-state index contributed by atoms with van der Waals surface area (Å²) in [7, 11) is 0. The van der Waals surface area contributed by atoms with E-state index in [1.165, 1.54) is 6.20 Å². The first-order valence-electron chi connectivity index (χ1n) is 5.02. The van der Waals surface area contributed by atoms with Crippen LogP contribution in [0.5, 0.6) is 0 Å². The molecule has 2 heterocycles. The van der Waals surface area contributed by atoms with E-state index in [-0.39, 0.29) is 0 Å². The fourth-order valence-electron chi connectivity index (χ4n) is 1.83. The van der Waals surface area contributed by atoms with Crippen LogP contribution in [0.3, 0.4) is 0 Å². The van der Waals surface area contributed by atoms with Crippen molar-refractivity contribution in [1.29, 1.82) is 0 Å². The van der Waals surface area contributed by atoms with E-state index in [9.17, 15) is 19.6 Å². The summed E-state index contributed by atoms with van der Waals surface area (Å²) in [6.45, 7) is 1.58. The maximum atomic E-state index is 11.5. The Morgan fingerprint density at radius 2 is 2.24 bits per heavy atom. The smallest absolute Gasteiger partial charge is 0.330 e. The number of nitroso groups, excluding NO2 is 1. The van der Waals surface area contributed by atoms with Crippen LogP contribution in [0.2, 0.25) is 0 Å². The minimum Gasteiger partial charge on any atom is -0.386 e. The average Bonchev–Trinajstić information content (AvgIpc) is 2.54. The van der Waals surface area contributed by atoms with Gasteiger partial charge in [0.15, 0.2) is 6.23 Å². The second-order valence-electron chi connectivity index (χ2n) is 3.84. The molecule has 0 bridgehead atoms. The van der Waals surface area contributed by atoms with Crippen LogP contribution in [-0.2, 0) is 4.74 Å². The maximum absolute atomic E-state index is 11.5. The summed E-state index contributed by atoms with van der Waals surface area (Å²) >= 11 is 0. The number of aliphatic hydroxyl groups excluding tert-OH is 1. The fourth-order valence-corrected chi connectivity index (χ4v) is 1.83. The van der Waals surface area contributed by atoms with Gasteiger partial charge in [-0.25, -0.2) is 4.79 Å². The number of rotatable bonds is 2. The van der Waals surface area contributed by atoms with E-state index in [1.54, 1.807) is 6.92 Å². The van der Waals surface area contributed by atoms with Gasteiger partial charge in [-0.1, -0.05) is 5.18 Å². The van der Waals surface area contributed by atoms with Crippen molar-refractivity contribution in [2.24, 2.45) is 5.18 Å². The molecule has 8 nitrogen and oxygen atoms in total. The van der Waals surface area contributed by atoms with Gasteiger partial charge in [-0.3, -0.25) is 14.3 Å². The third kappa shape index (κ3) is 1.92. The molecule has 17 heavy (non-hydrogen) atoms. The van der Waals surface area contributed by atoms with Crippen molar-refractivity contribution in [2.75, 3.05) is 0 Å². The van der Waals surface area contributed by atoms with Crippen LogP contribution in [0.4, 0.5) is 0 Å². The molecule has 1 saturated heterocycles. The van der Waals surface area contributed by atoms with Crippen molar-refractivity contribution in [3.05, 3.63) is 38.0 Å². The Morgan fingerprint density at radius 3 is 2.76 bits per heavy atom. The number of aromatic amines is 1. The molecule has 1 aliphatic heterocycles. The quantitative estimate of drug-likeness (QED) is 0.641. The number of nitrogens with zero attached hydrogens (tertiary/aromatic N) is 2. The van der Waals surface area contributed by atoms with Gasteiger partial charge in [-0.15, -0.1) is 0 Å². The molecule has 0 amide bonds. The monoisotopic (exact) mass is 241 g/mol. The lowest BCUT2D eigenvalue weighted by Gasteiger charge is -2.16. The lowest BCUT2D eigenvalue weighted by atomic mass is 10.1. The van der Waals surface area contributed by atoms with Gasteiger partial charge in [0.05, 0.1) is 6.10 Å². The van der Waals surface area contributed by atoms with Gasteiger partial charge in [0.2, 0.25) is 0 Å². The molecule has 0 spiro atoms. The molecule has 0 saturated carbocycles. The first-order valence-corrected chi connectivity index (χ1v) is 5.02. The lowest BCUT2D eigenvalue weighted by Crippen LogP contribution is -2.36. The zero-order chi connectivity index (χ0) is 12.6. The van der Waals surface area contributed by atoms with E-state index in [0.29, 0.717) is 0 Å². The van der Waals surface area contributed by atoms with Gasteiger partial charge in [0, 0.05) is 12.3 Å². The van der Waals surface area contributed by atoms with Gasteiger partial charge in [0.1, 0.15) is 12.1 Å². The molecule has 1 fully saturated rings. The Bertz CT molecular complexity index is 536. The Morgan fingerprint density at radius 1 is 1.53 bits per heavy atom. The largest absolute Gasteiger partial charge is 0.386 e. The third-order valence-corrected chi connectivity index (χ3v) is 2.72. The first kappa shape index (κ1) is 11.7. The summed E-state index contributed by atoms with van der Waals surface area (Å²) in [6, 6.07) is 0.197. The highest BCUT2D eigenvalue weighted by atomic mass is 16.5. The molecule has 0 aromatic carbocycles. The van der Waals surface area contributed by atoms with Crippen LogP contribution in [-0.4, -0.2) is 32.9 Å². The van der Waals surface area contributed by atoms with Crippen molar-refractivity contribution in [3.63, 3.8) is 0 Å². The second kappa shape index (κ2) is 4.22. The van der Waals surface area contributed by atoms with Gasteiger partial charge in [-0.2, -0.15) is 4.91 Å². The molecule has 0 radical (unpaired) electrons. The van der Waals surface area contributed by atoms with Crippen LogP contribution < -0.4 is 11.2 Å². The number of nitrogens with one attached hydrogen (secondary N) is 1. The average molecular weight is 241 g/mol. The highest BCUT2D eigenvalue weighted by Gasteiger charge is 2.43. The zero-order valence-electron chi connectivity index (χ0n) is 8.94. The van der Waals surface area contributed by atoms with E-state index in [4.69, 9.17) is 4.74 Å². The van der Waals surface area contributed by atoms with Crippen molar-refractivity contribution in [3.8, 4) is 0 Å². The SMILES string of the molecule is C[C@H]1O[C@@H](n2ccc(=O)[nH]c2=O)[C@H](O)[C@@H]1N=O. The number of H-pyrrole nitrogens is 1. The molecule has 1 aliphatic rings. The van der Waals surface area contributed by atoms with E-state index in [2.05, 4.69) is 5.18 Å². The van der Waals surface area contributed by atoms with Crippen molar-refractivity contribution < 1.29 is 9.84 Å². The van der Waals surface area contributed by atoms with Gasteiger partial charge >= 0.3 is 5.69 Å². The van der Waals surface area contributed by atoms with Crippen LogP contribution in [0, 0.1) is 4.91 Å². The third-order valence-electron chi connectivity index (χ3n) is 2.72. The van der Waals surface area contributed by atoms with Crippen molar-refractivity contribution in [1.82, 2.24) is 9.55 Å². The highest BCUT2D eigenvalue weighted by Crippen LogP contribution is 2.29. The first-order chi connectivity index (χ1) is 8.04. The normalized spacial score (nSPS) is 32.6. The minimum atomic E-state index is -1.22. The molecule has 2 rings (SSSR count). The number of hydrogen-bond acceptors (Lipinski definition) is 6. The second-order valence-corrected chi connectivity index (χ2v) is 3.84. The summed E-state index contributed by atoms with van der Waals surface area (Å²) in [5.41, 5.74) is -1.25. The highest BCUT2D eigenvalue weighted by molar-refractivity contribution is 4.95. The molecule has 2 N–H and O–H groups in total. The predicted molar refractivity (Wildman–Crippen MR) is 56.5 cm³/mol. The standard InChI is InChI=1S/C9H11N3O5/c1-4-6(11-16)7(14)8(17-4)12-3-2-5(13)10-9(12)15/h2-4,6-8,14H,1H3,(H,10,13,15)/t4-,6-,7-,8-/m1/s1. The van der Waals surface area contributed by atoms with Crippen molar-refractivity contribution >= 4 is 0 Å². The van der Waals surface area contributed by atoms with E-state index < -0.39 is 35.7 Å². The topological polar surface area (TPSA) is 114 Å². The lowest BCUT2D eigenvalue weighted by molar-refractivity contribution is -0.0349. The van der Waals surface area contributed by atoms with Gasteiger partial charge in [-0.05, 0) is 6.92 Å². The Kier molecular flexibility index (Phi) is 2.90. The summed E-state index contributed by atoms with van der Waals surface area (Å²) in [5, 5.41) is 12.6. The molecular weight excluding hydrogens is 230 g/mol. The number of ether oxygens (including phenoxy) is 1. The number of hydrogen-bond donors (Lipinski definition) is 2. The Hall–Kier alpha value is -1.80. The molecule has 1 aromatic heterocycles. The molecule has 1 aromatic rings. The summed E-state index contributed by atoms with van der Waals surface area (Å²) in [4.78, 5) is 34.9. The van der Waals surface area contributed by atoms with E-state index in [0.717, 1.165) is 10.6 Å². The summed E-state index contributed by atoms with van der Waals surface area (Å²) in [5.74, 6) is 0. The van der Waals surface area contributed by atoms with Crippen molar-refractivity contribution in [2.45, 2.75) is 31.4 Å². The van der Waals surface area contributed by atoms with E-state index >= 15 is 0 Å². The molecule has 0 unspecified atom stereocenters. The van der Waals surface area contributed by atoms with E-state index in [1.807, 2.05) is 4.98 Å². The minimum absolute atomic E-state index is 0.545. The molecule has 0 aliphatic carbocycles. The Labute approximate surface area is 94.8 Å². The summed E-state index contributed by atoms with van der Waals surface area (Å²) in [6.07, 6.45) is -1.62. The Balaban J connectivity index is 2.39. The predicted octanol–water partition coefficient (Wildman–Crippen LogP) is -1.05. The molecule has 8 heteroatoms. The van der Waals surface area contributed by atoms with Crippen LogP contribution >= 0.6 is 0 Å². The van der Waals surface area contributed by atoms with Crippen LogP contribution in [0.25, 0.3) is 0 Å². The molecule has 4 atom stereocenters. The fraction of sp³-hybridized carbons (Fsp3) is 0.556. The molecule has 92 valence electrons. The maximum Gasteiger partial charge on any atom is 0.330 e. The number of aliphatic hydroxyl groups is 1. The number of aromatic nitrogens is 2. The van der Waals surface area contributed by atoms with Crippen LogP contribution in [0.1, 0.15) is 13.2 Å². The zero-order valence-corrected chi connectivity index (χ0v) is 8.94. The van der Waals surface area contributed by atoms with Crippen LogP contribution in [0.15, 0.2) is 27.0 Å². The van der Waals surface area contributed by atoms with Gasteiger partial charge in [0.25, 0.3) is 5.56 Å². The molecular formula is C9H11N3O5. The van der Waals surface area contributed by atoms with Gasteiger partial charge < -0.3 is 9.84 Å². The summed E-state index contributed by atoms with van der Waals surface area (Å²) < 4.78 is 6.30.